The fourth-order valence-electron chi connectivity index (χ4n) is 4.30. The highest BCUT2D eigenvalue weighted by Crippen LogP contribution is 2.26. The zero-order valence-electron chi connectivity index (χ0n) is 20.1. The zero-order valence-corrected chi connectivity index (χ0v) is 20.1. The average molecular weight is 500 g/mol. The quantitative estimate of drug-likeness (QED) is 0.501. The molecule has 1 aliphatic rings. The maximum absolute atomic E-state index is 14.7. The highest BCUT2D eigenvalue weighted by atomic mass is 19.1. The Kier molecular flexibility index (Phi) is 7.27. The van der Waals surface area contributed by atoms with E-state index >= 15 is 0 Å². The van der Waals surface area contributed by atoms with Crippen molar-refractivity contribution in [1.29, 1.82) is 0 Å². The van der Waals surface area contributed by atoms with Gasteiger partial charge in [0, 0.05) is 18.9 Å². The predicted molar refractivity (Wildman–Crippen MR) is 125 cm³/mol. The molecule has 0 radical (unpaired) electrons. The lowest BCUT2D eigenvalue weighted by Crippen LogP contribution is -2.48. The number of carbonyl (C=O) groups is 2. The van der Waals surface area contributed by atoms with Crippen LogP contribution < -0.4 is 11.1 Å². The van der Waals surface area contributed by atoms with Crippen LogP contribution in [0, 0.1) is 12.9 Å². The van der Waals surface area contributed by atoms with Crippen molar-refractivity contribution in [2.75, 3.05) is 6.54 Å². The molecule has 4 rings (SSSR count). The monoisotopic (exact) mass is 499 g/mol. The van der Waals surface area contributed by atoms with Crippen LogP contribution in [0.4, 0.5) is 8.78 Å². The number of amides is 2. The summed E-state index contributed by atoms with van der Waals surface area (Å²) in [6.45, 7) is 4.38. The molecule has 2 aromatic heterocycles. The Morgan fingerprint density at radius 1 is 1.19 bits per heavy atom. The van der Waals surface area contributed by atoms with Gasteiger partial charge in [-0.25, -0.2) is 14.2 Å². The molecule has 3 atom stereocenters. The van der Waals surface area contributed by atoms with Gasteiger partial charge >= 0.3 is 5.76 Å². The summed E-state index contributed by atoms with van der Waals surface area (Å²) in [5.74, 6) is -2.70. The number of nitrogens with one attached hydrogen (secondary N) is 1. The molecule has 3 unspecified atom stereocenters. The second-order valence-electron chi connectivity index (χ2n) is 9.06. The topological polar surface area (TPSA) is 110 Å². The molecule has 190 valence electrons. The van der Waals surface area contributed by atoms with Crippen LogP contribution in [0.25, 0.3) is 0 Å². The normalized spacial score (nSPS) is 18.4. The first-order valence-corrected chi connectivity index (χ1v) is 11.6. The summed E-state index contributed by atoms with van der Waals surface area (Å²) in [6, 6.07) is 10.2. The van der Waals surface area contributed by atoms with E-state index in [4.69, 9.17) is 4.42 Å². The van der Waals surface area contributed by atoms with Gasteiger partial charge < -0.3 is 14.6 Å². The van der Waals surface area contributed by atoms with E-state index in [-0.39, 0.29) is 30.5 Å². The van der Waals surface area contributed by atoms with Crippen molar-refractivity contribution >= 4 is 11.8 Å². The molecule has 9 nitrogen and oxygen atoms in total. The van der Waals surface area contributed by atoms with Crippen molar-refractivity contribution in [3.63, 3.8) is 0 Å². The first kappa shape index (κ1) is 25.2. The number of pyridine rings is 1. The van der Waals surface area contributed by atoms with E-state index in [2.05, 4.69) is 15.4 Å². The number of aromatic nitrogens is 3. The number of hydrogen-bond acceptors (Lipinski definition) is 6. The number of benzene rings is 1. The Labute approximate surface area is 206 Å². The highest BCUT2D eigenvalue weighted by molar-refractivity contribution is 5.88. The molecule has 1 aromatic carbocycles. The van der Waals surface area contributed by atoms with Crippen molar-refractivity contribution in [2.24, 2.45) is 0 Å². The van der Waals surface area contributed by atoms with E-state index in [0.717, 1.165) is 9.58 Å². The Morgan fingerprint density at radius 2 is 1.92 bits per heavy atom. The number of alkyl halides is 1. The van der Waals surface area contributed by atoms with Gasteiger partial charge in [-0.05, 0) is 17.5 Å². The Hall–Kier alpha value is -3.89. The van der Waals surface area contributed by atoms with Crippen molar-refractivity contribution in [3.8, 4) is 0 Å². The molecule has 0 saturated carbocycles. The molecular weight excluding hydrogens is 472 g/mol. The average Bonchev–Trinajstić information content (AvgIpc) is 3.38. The maximum Gasteiger partial charge on any atom is 0.437 e. The predicted octanol–water partition coefficient (Wildman–Crippen LogP) is 2.65. The van der Waals surface area contributed by atoms with Crippen molar-refractivity contribution in [3.05, 3.63) is 81.7 Å². The number of aryl methyl sites for hydroxylation is 1. The third-order valence-electron chi connectivity index (χ3n) is 6.10. The largest absolute Gasteiger partial charge is 0.437 e. The van der Waals surface area contributed by atoms with Crippen molar-refractivity contribution in [2.45, 2.75) is 57.9 Å². The lowest BCUT2D eigenvalue weighted by atomic mass is 9.99. The molecule has 3 heterocycles. The van der Waals surface area contributed by atoms with Crippen LogP contribution in [0.3, 0.4) is 0 Å². The zero-order chi connectivity index (χ0) is 26.0. The number of likely N-dealkylation sites (tertiary alicyclic amines) is 1. The van der Waals surface area contributed by atoms with Gasteiger partial charge in [0.25, 0.3) is 0 Å². The lowest BCUT2D eigenvalue weighted by molar-refractivity contribution is -0.139. The molecular formula is C25H27F2N5O4. The minimum atomic E-state index is -1.42. The van der Waals surface area contributed by atoms with Gasteiger partial charge in [0.15, 0.2) is 0 Å². The summed E-state index contributed by atoms with van der Waals surface area (Å²) >= 11 is 0. The summed E-state index contributed by atoms with van der Waals surface area (Å²) in [5.41, 5.74) is 1.36. The molecule has 0 aliphatic carbocycles. The Morgan fingerprint density at radius 3 is 2.53 bits per heavy atom. The first-order valence-electron chi connectivity index (χ1n) is 11.6. The molecule has 1 fully saturated rings. The van der Waals surface area contributed by atoms with E-state index in [1.807, 2.05) is 13.8 Å². The van der Waals surface area contributed by atoms with Crippen LogP contribution in [0.15, 0.2) is 51.7 Å². The highest BCUT2D eigenvalue weighted by Gasteiger charge is 2.41. The SMILES string of the molecule is Cc1nn(CC(=O)N2CC(F)CC2C(=O)NC(c2ccccc2)c2ccc(C(C)C)c(F)n2)c(=O)o1. The summed E-state index contributed by atoms with van der Waals surface area (Å²) in [4.78, 5) is 43.2. The Balaban J connectivity index is 1.59. The standard InChI is InChI=1S/C25H27F2N5O4/c1-14(2)18-9-10-19(28-23(18)27)22(16-7-5-4-6-8-16)29-24(34)20-11-17(26)12-31(20)21(33)13-32-25(35)36-15(3)30-32/h4-10,14,17,20,22H,11-13H2,1-3H3,(H,29,34). The first-order chi connectivity index (χ1) is 17.1. The maximum atomic E-state index is 14.7. The number of rotatable bonds is 7. The van der Waals surface area contributed by atoms with Crippen molar-refractivity contribution < 1.29 is 22.8 Å². The molecule has 3 aromatic rings. The van der Waals surface area contributed by atoms with Gasteiger partial charge in [-0.3, -0.25) is 9.59 Å². The van der Waals surface area contributed by atoms with Crippen molar-refractivity contribution in [1.82, 2.24) is 25.0 Å². The van der Waals surface area contributed by atoms with E-state index < -0.39 is 48.3 Å². The summed E-state index contributed by atoms with van der Waals surface area (Å²) in [5, 5.41) is 6.64. The molecule has 0 bridgehead atoms. The molecule has 36 heavy (non-hydrogen) atoms. The number of nitrogens with zero attached hydrogens (tertiary/aromatic N) is 4. The number of hydrogen-bond donors (Lipinski definition) is 1. The fourth-order valence-corrected chi connectivity index (χ4v) is 4.30. The van der Waals surface area contributed by atoms with Gasteiger partial charge in [0.05, 0.1) is 18.3 Å². The Bertz CT molecular complexity index is 1310. The van der Waals surface area contributed by atoms with Gasteiger partial charge in [-0.2, -0.15) is 9.07 Å². The van der Waals surface area contributed by atoms with E-state index in [9.17, 15) is 23.2 Å². The van der Waals surface area contributed by atoms with Crippen LogP contribution in [0.1, 0.15) is 54.9 Å². The minimum Gasteiger partial charge on any atom is -0.393 e. The number of halogens is 2. The third-order valence-corrected chi connectivity index (χ3v) is 6.10. The van der Waals surface area contributed by atoms with Gasteiger partial charge in [0.1, 0.15) is 18.8 Å². The van der Waals surface area contributed by atoms with Crippen LogP contribution in [-0.2, 0) is 16.1 Å². The second kappa shape index (κ2) is 10.4. The van der Waals surface area contributed by atoms with E-state index in [1.165, 1.54) is 6.92 Å². The van der Waals surface area contributed by atoms with Crippen LogP contribution in [0.5, 0.6) is 0 Å². The van der Waals surface area contributed by atoms with Crippen LogP contribution >= 0.6 is 0 Å². The van der Waals surface area contributed by atoms with E-state index in [1.54, 1.807) is 42.5 Å². The molecule has 1 N–H and O–H groups in total. The lowest BCUT2D eigenvalue weighted by Gasteiger charge is -2.26. The van der Waals surface area contributed by atoms with E-state index in [0.29, 0.717) is 11.1 Å². The van der Waals surface area contributed by atoms with Gasteiger partial charge in [-0.1, -0.05) is 50.2 Å². The molecule has 0 spiro atoms. The van der Waals surface area contributed by atoms with Gasteiger partial charge in [-0.15, -0.1) is 5.10 Å². The second-order valence-corrected chi connectivity index (χ2v) is 9.06. The third kappa shape index (κ3) is 5.34. The minimum absolute atomic E-state index is 0.0723. The smallest absolute Gasteiger partial charge is 0.393 e. The summed E-state index contributed by atoms with van der Waals surface area (Å²) in [6.07, 6.45) is -1.63. The molecule has 2 amide bonds. The van der Waals surface area contributed by atoms with Crippen LogP contribution in [-0.4, -0.2) is 50.2 Å². The van der Waals surface area contributed by atoms with Crippen LogP contribution in [0.2, 0.25) is 0 Å². The fraction of sp³-hybridized carbons (Fsp3) is 0.400. The molecule has 1 saturated heterocycles. The van der Waals surface area contributed by atoms with Gasteiger partial charge in [0.2, 0.25) is 23.7 Å². The summed E-state index contributed by atoms with van der Waals surface area (Å²) in [7, 11) is 0. The number of carbonyl (C=O) groups excluding carboxylic acids is 2. The molecule has 1 aliphatic heterocycles. The molecule has 11 heteroatoms. The summed E-state index contributed by atoms with van der Waals surface area (Å²) < 4.78 is 34.7.